The van der Waals surface area contributed by atoms with Gasteiger partial charge >= 0.3 is 0 Å². The number of rotatable bonds is 5. The van der Waals surface area contributed by atoms with Gasteiger partial charge in [0, 0.05) is 19.4 Å². The number of thiophene rings is 1. The van der Waals surface area contributed by atoms with E-state index in [1.165, 1.54) is 11.3 Å². The van der Waals surface area contributed by atoms with E-state index in [0.717, 1.165) is 11.1 Å². The summed E-state index contributed by atoms with van der Waals surface area (Å²) in [5.74, 6) is 0.649. The van der Waals surface area contributed by atoms with Crippen LogP contribution in [-0.4, -0.2) is 18.0 Å². The number of imidazole rings is 1. The predicted octanol–water partition coefficient (Wildman–Crippen LogP) is 2.86. The van der Waals surface area contributed by atoms with Gasteiger partial charge in [0.05, 0.1) is 0 Å². The molecule has 0 aliphatic rings. The van der Waals surface area contributed by atoms with Gasteiger partial charge in [-0.3, -0.25) is 0 Å². The van der Waals surface area contributed by atoms with Crippen molar-refractivity contribution in [3.8, 4) is 0 Å². The van der Waals surface area contributed by atoms with E-state index in [2.05, 4.69) is 9.71 Å². The fourth-order valence-corrected chi connectivity index (χ4v) is 4.60. The van der Waals surface area contributed by atoms with E-state index >= 15 is 0 Å². The maximum Gasteiger partial charge on any atom is 0.251 e. The molecule has 1 aromatic carbocycles. The predicted molar refractivity (Wildman–Crippen MR) is 90.9 cm³/mol. The topological polar surface area (TPSA) is 64.0 Å². The Labute approximate surface area is 139 Å². The number of hydrogen-bond acceptors (Lipinski definition) is 4. The molecule has 0 saturated carbocycles. The molecule has 0 bridgehead atoms. The van der Waals surface area contributed by atoms with Crippen molar-refractivity contribution in [1.82, 2.24) is 14.3 Å². The SMILES string of the molecule is Cc1cccc(C(NS(=O)(=O)c2cccs2)c2nccn2C)c1. The van der Waals surface area contributed by atoms with Crippen molar-refractivity contribution in [3.63, 3.8) is 0 Å². The molecule has 0 amide bonds. The molecule has 0 radical (unpaired) electrons. The van der Waals surface area contributed by atoms with Crippen LogP contribution in [0, 0.1) is 6.92 Å². The fraction of sp³-hybridized carbons (Fsp3) is 0.188. The van der Waals surface area contributed by atoms with E-state index in [1.54, 1.807) is 29.9 Å². The normalized spacial score (nSPS) is 13.1. The molecule has 1 N–H and O–H groups in total. The minimum absolute atomic E-state index is 0.296. The lowest BCUT2D eigenvalue weighted by atomic mass is 10.0. The van der Waals surface area contributed by atoms with Crippen molar-refractivity contribution in [2.75, 3.05) is 0 Å². The average Bonchev–Trinajstić information content (AvgIpc) is 3.16. The quantitative estimate of drug-likeness (QED) is 0.772. The number of aromatic nitrogens is 2. The Morgan fingerprint density at radius 1 is 1.26 bits per heavy atom. The van der Waals surface area contributed by atoms with Crippen LogP contribution in [0.1, 0.15) is 23.0 Å². The van der Waals surface area contributed by atoms with Crippen LogP contribution in [-0.2, 0) is 17.1 Å². The highest BCUT2D eigenvalue weighted by Gasteiger charge is 2.26. The number of nitrogens with zero attached hydrogens (tertiary/aromatic N) is 2. The number of aryl methyl sites for hydroxylation is 2. The molecule has 3 aromatic rings. The molecule has 3 rings (SSSR count). The molecule has 23 heavy (non-hydrogen) atoms. The fourth-order valence-electron chi connectivity index (χ4n) is 2.40. The summed E-state index contributed by atoms with van der Waals surface area (Å²) in [5, 5.41) is 1.75. The van der Waals surface area contributed by atoms with Gasteiger partial charge in [0.15, 0.2) is 0 Å². The monoisotopic (exact) mass is 347 g/mol. The van der Waals surface area contributed by atoms with Gasteiger partial charge in [-0.25, -0.2) is 13.4 Å². The number of hydrogen-bond donors (Lipinski definition) is 1. The standard InChI is InChI=1S/C16H17N3O2S2/c1-12-5-3-6-13(11-12)15(16-17-8-9-19(16)2)18-23(20,21)14-7-4-10-22-14/h3-11,15,18H,1-2H3. The van der Waals surface area contributed by atoms with E-state index in [1.807, 2.05) is 42.8 Å². The van der Waals surface area contributed by atoms with Crippen LogP contribution in [0.15, 0.2) is 58.4 Å². The number of benzene rings is 1. The van der Waals surface area contributed by atoms with Gasteiger partial charge in [0.1, 0.15) is 16.1 Å². The molecule has 2 aromatic heterocycles. The third kappa shape index (κ3) is 3.36. The number of sulfonamides is 1. The minimum Gasteiger partial charge on any atom is -0.336 e. The summed E-state index contributed by atoms with van der Waals surface area (Å²) in [5.41, 5.74) is 1.93. The molecule has 0 aliphatic heterocycles. The lowest BCUT2D eigenvalue weighted by Gasteiger charge is -2.19. The molecular formula is C16H17N3O2S2. The zero-order valence-corrected chi connectivity index (χ0v) is 14.4. The first kappa shape index (κ1) is 15.9. The summed E-state index contributed by atoms with van der Waals surface area (Å²) >= 11 is 1.19. The number of nitrogens with one attached hydrogen (secondary N) is 1. The van der Waals surface area contributed by atoms with Gasteiger partial charge in [-0.1, -0.05) is 35.9 Å². The lowest BCUT2D eigenvalue weighted by molar-refractivity contribution is 0.564. The molecule has 7 heteroatoms. The largest absolute Gasteiger partial charge is 0.336 e. The highest BCUT2D eigenvalue weighted by molar-refractivity contribution is 7.91. The van der Waals surface area contributed by atoms with Gasteiger partial charge in [-0.05, 0) is 23.9 Å². The summed E-state index contributed by atoms with van der Waals surface area (Å²) in [7, 11) is -1.75. The van der Waals surface area contributed by atoms with Crippen LogP contribution in [0.3, 0.4) is 0 Å². The summed E-state index contributed by atoms with van der Waals surface area (Å²) in [6.45, 7) is 1.98. The van der Waals surface area contributed by atoms with E-state index in [-0.39, 0.29) is 0 Å². The molecule has 5 nitrogen and oxygen atoms in total. The van der Waals surface area contributed by atoms with Crippen molar-refractivity contribution in [1.29, 1.82) is 0 Å². The third-order valence-corrected chi connectivity index (χ3v) is 6.35. The highest BCUT2D eigenvalue weighted by Crippen LogP contribution is 2.25. The first-order valence-electron chi connectivity index (χ1n) is 7.07. The Morgan fingerprint density at radius 3 is 2.70 bits per heavy atom. The summed E-state index contributed by atoms with van der Waals surface area (Å²) in [6.07, 6.45) is 3.47. The van der Waals surface area contributed by atoms with Crippen LogP contribution in [0.25, 0.3) is 0 Å². The average molecular weight is 347 g/mol. The van der Waals surface area contributed by atoms with E-state index in [9.17, 15) is 8.42 Å². The van der Waals surface area contributed by atoms with Crippen LogP contribution in [0.5, 0.6) is 0 Å². The maximum atomic E-state index is 12.6. The maximum absolute atomic E-state index is 12.6. The van der Waals surface area contributed by atoms with Crippen LogP contribution < -0.4 is 4.72 Å². The Balaban J connectivity index is 2.05. The molecule has 0 fully saturated rings. The molecule has 0 aliphatic carbocycles. The summed E-state index contributed by atoms with van der Waals surface area (Å²) < 4.78 is 30.2. The van der Waals surface area contributed by atoms with Gasteiger partial charge in [0.2, 0.25) is 0 Å². The van der Waals surface area contributed by atoms with Gasteiger partial charge in [-0.2, -0.15) is 4.72 Å². The van der Waals surface area contributed by atoms with Crippen molar-refractivity contribution in [3.05, 3.63) is 71.1 Å². The van der Waals surface area contributed by atoms with Gasteiger partial charge < -0.3 is 4.57 Å². The lowest BCUT2D eigenvalue weighted by Crippen LogP contribution is -2.30. The molecule has 0 saturated heterocycles. The van der Waals surface area contributed by atoms with Gasteiger partial charge in [0.25, 0.3) is 10.0 Å². The Kier molecular flexibility index (Phi) is 4.34. The van der Waals surface area contributed by atoms with Crippen molar-refractivity contribution in [2.45, 2.75) is 17.2 Å². The van der Waals surface area contributed by atoms with Crippen LogP contribution in [0.2, 0.25) is 0 Å². The third-order valence-electron chi connectivity index (χ3n) is 3.53. The molecule has 1 atom stereocenters. The zero-order valence-electron chi connectivity index (χ0n) is 12.8. The summed E-state index contributed by atoms with van der Waals surface area (Å²) in [6, 6.07) is 10.6. The van der Waals surface area contributed by atoms with Crippen molar-refractivity contribution < 1.29 is 8.42 Å². The first-order chi connectivity index (χ1) is 11.0. The second-order valence-corrected chi connectivity index (χ2v) is 8.19. The Hall–Kier alpha value is -1.96. The Bertz CT molecular complexity index is 899. The minimum atomic E-state index is -3.60. The molecular weight excluding hydrogens is 330 g/mol. The zero-order chi connectivity index (χ0) is 16.4. The van der Waals surface area contributed by atoms with Crippen LogP contribution in [0.4, 0.5) is 0 Å². The second-order valence-electron chi connectivity index (χ2n) is 5.30. The second kappa shape index (κ2) is 6.27. The molecule has 1 unspecified atom stereocenters. The van der Waals surface area contributed by atoms with Crippen molar-refractivity contribution in [2.24, 2.45) is 7.05 Å². The molecule has 120 valence electrons. The Morgan fingerprint density at radius 2 is 2.09 bits per heavy atom. The highest BCUT2D eigenvalue weighted by atomic mass is 32.2. The van der Waals surface area contributed by atoms with Crippen molar-refractivity contribution >= 4 is 21.4 Å². The first-order valence-corrected chi connectivity index (χ1v) is 9.43. The van der Waals surface area contributed by atoms with Crippen LogP contribution >= 0.6 is 11.3 Å². The summed E-state index contributed by atoms with van der Waals surface area (Å²) in [4.78, 5) is 4.33. The van der Waals surface area contributed by atoms with Gasteiger partial charge in [-0.15, -0.1) is 11.3 Å². The van der Waals surface area contributed by atoms with E-state index < -0.39 is 16.1 Å². The smallest absolute Gasteiger partial charge is 0.251 e. The van der Waals surface area contributed by atoms with E-state index in [0.29, 0.717) is 10.0 Å². The molecule has 0 spiro atoms. The van der Waals surface area contributed by atoms with E-state index in [4.69, 9.17) is 0 Å². The molecule has 2 heterocycles.